The monoisotopic (exact) mass is 457 g/mol. The van der Waals surface area contributed by atoms with Crippen molar-refractivity contribution in [3.63, 3.8) is 0 Å². The molecule has 1 heterocycles. The van der Waals surface area contributed by atoms with Crippen LogP contribution in [-0.2, 0) is 22.6 Å². The highest BCUT2D eigenvalue weighted by atomic mass is 32.2. The minimum absolute atomic E-state index is 0.256. The van der Waals surface area contributed by atoms with Crippen molar-refractivity contribution in [2.45, 2.75) is 49.7 Å². The van der Waals surface area contributed by atoms with Crippen molar-refractivity contribution < 1.29 is 19.4 Å². The van der Waals surface area contributed by atoms with Crippen LogP contribution >= 0.6 is 11.8 Å². The van der Waals surface area contributed by atoms with Gasteiger partial charge in [-0.3, -0.25) is 9.59 Å². The van der Waals surface area contributed by atoms with Crippen LogP contribution in [0.25, 0.3) is 0 Å². The van der Waals surface area contributed by atoms with Crippen LogP contribution < -0.4 is 15.8 Å². The molecule has 2 aromatic rings. The number of nitrogens with zero attached hydrogens (tertiary/aromatic N) is 1. The lowest BCUT2D eigenvalue weighted by Crippen LogP contribution is -2.57. The number of benzene rings is 2. The smallest absolute Gasteiger partial charge is 0.254 e. The van der Waals surface area contributed by atoms with E-state index in [1.807, 2.05) is 68.4 Å². The van der Waals surface area contributed by atoms with Crippen LogP contribution in [0.2, 0.25) is 0 Å². The third-order valence-corrected chi connectivity index (χ3v) is 7.05. The van der Waals surface area contributed by atoms with E-state index in [-0.39, 0.29) is 5.91 Å². The first-order valence-electron chi connectivity index (χ1n) is 10.6. The molecule has 172 valence electrons. The van der Waals surface area contributed by atoms with Crippen LogP contribution in [0, 0.1) is 0 Å². The number of nitrogens with one attached hydrogen (secondary N) is 1. The minimum Gasteiger partial charge on any atom is -0.497 e. The number of carbonyl (C=O) groups excluding carboxylic acids is 2. The van der Waals surface area contributed by atoms with E-state index in [1.165, 1.54) is 16.7 Å². The Labute approximate surface area is 193 Å². The van der Waals surface area contributed by atoms with Crippen molar-refractivity contribution >= 4 is 23.6 Å². The lowest BCUT2D eigenvalue weighted by atomic mass is 9.97. The summed E-state index contributed by atoms with van der Waals surface area (Å²) < 4.78 is 4.66. The zero-order valence-electron chi connectivity index (χ0n) is 18.7. The Bertz CT molecular complexity index is 921. The van der Waals surface area contributed by atoms with Crippen molar-refractivity contribution in [1.82, 2.24) is 10.2 Å². The topological polar surface area (TPSA) is 105 Å². The van der Waals surface area contributed by atoms with Crippen LogP contribution in [0.4, 0.5) is 0 Å². The molecule has 3 rings (SSSR count). The molecule has 0 saturated carbocycles. The summed E-state index contributed by atoms with van der Waals surface area (Å²) in [7, 11) is 1.60. The molecule has 4 N–H and O–H groups in total. The molecule has 0 aromatic heterocycles. The quantitative estimate of drug-likeness (QED) is 0.559. The molecule has 2 aromatic carbocycles. The summed E-state index contributed by atoms with van der Waals surface area (Å²) in [4.78, 5) is 27.7. The van der Waals surface area contributed by atoms with Gasteiger partial charge in [0, 0.05) is 17.3 Å². The maximum Gasteiger partial charge on any atom is 0.254 e. The highest BCUT2D eigenvalue weighted by Gasteiger charge is 2.49. The second-order valence-corrected chi connectivity index (χ2v) is 10.1. The first kappa shape index (κ1) is 24.1. The van der Waals surface area contributed by atoms with Gasteiger partial charge in [0.15, 0.2) is 0 Å². The number of methoxy groups -OCH3 is 1. The molecule has 3 unspecified atom stereocenters. The molecule has 0 spiro atoms. The fourth-order valence-corrected chi connectivity index (χ4v) is 4.93. The molecular formula is C24H31N3O4S. The highest BCUT2D eigenvalue weighted by molar-refractivity contribution is 8.00. The van der Waals surface area contributed by atoms with E-state index < -0.39 is 28.8 Å². The molecule has 0 radical (unpaired) electrons. The molecule has 3 atom stereocenters. The standard InChI is InChI=1S/C24H31N3O4S/c1-24(2)21(22(29)26-14-17-9-11-18(31-3)12-10-17)27(15-32-24)23(30)20(28)19(25)13-16-7-5-4-6-8-16/h4-12,19-21,28H,13-15,25H2,1-3H3,(H,26,29). The van der Waals surface area contributed by atoms with Crippen molar-refractivity contribution in [2.75, 3.05) is 13.0 Å². The molecule has 1 aliphatic heterocycles. The van der Waals surface area contributed by atoms with E-state index in [2.05, 4.69) is 5.32 Å². The zero-order valence-corrected chi connectivity index (χ0v) is 19.5. The number of nitrogens with two attached hydrogens (primary N) is 1. The second-order valence-electron chi connectivity index (χ2n) is 8.45. The summed E-state index contributed by atoms with van der Waals surface area (Å²) in [6.07, 6.45) is -1.02. The van der Waals surface area contributed by atoms with Crippen LogP contribution in [0.3, 0.4) is 0 Å². The number of ether oxygens (including phenoxy) is 1. The van der Waals surface area contributed by atoms with Crippen LogP contribution in [-0.4, -0.2) is 57.7 Å². The van der Waals surface area contributed by atoms with Crippen LogP contribution in [0.5, 0.6) is 5.75 Å². The normalized spacial score (nSPS) is 19.3. The number of aliphatic hydroxyl groups is 1. The summed E-state index contributed by atoms with van der Waals surface area (Å²) in [5.74, 6) is 0.289. The van der Waals surface area contributed by atoms with E-state index >= 15 is 0 Å². The summed E-state index contributed by atoms with van der Waals surface area (Å²) in [6.45, 7) is 4.19. The van der Waals surface area contributed by atoms with Gasteiger partial charge in [0.05, 0.1) is 13.0 Å². The predicted octanol–water partition coefficient (Wildman–Crippen LogP) is 1.92. The molecular weight excluding hydrogens is 426 g/mol. The van der Waals surface area contributed by atoms with Crippen molar-refractivity contribution in [1.29, 1.82) is 0 Å². The van der Waals surface area contributed by atoms with Crippen molar-refractivity contribution in [3.8, 4) is 5.75 Å². The average Bonchev–Trinajstić information content (AvgIpc) is 3.12. The Morgan fingerprint density at radius 3 is 2.47 bits per heavy atom. The predicted molar refractivity (Wildman–Crippen MR) is 126 cm³/mol. The van der Waals surface area contributed by atoms with Crippen molar-refractivity contribution in [3.05, 3.63) is 65.7 Å². The lowest BCUT2D eigenvalue weighted by Gasteiger charge is -2.32. The summed E-state index contributed by atoms with van der Waals surface area (Å²) in [6, 6.07) is 15.4. The Morgan fingerprint density at radius 2 is 1.84 bits per heavy atom. The fraction of sp³-hybridized carbons (Fsp3) is 0.417. The summed E-state index contributed by atoms with van der Waals surface area (Å²) in [5.41, 5.74) is 8.01. The molecule has 1 saturated heterocycles. The van der Waals surface area contributed by atoms with Gasteiger partial charge in [-0.2, -0.15) is 0 Å². The molecule has 1 fully saturated rings. The van der Waals surface area contributed by atoms with Gasteiger partial charge in [0.2, 0.25) is 5.91 Å². The minimum atomic E-state index is -1.39. The maximum absolute atomic E-state index is 13.1. The van der Waals surface area contributed by atoms with E-state index in [9.17, 15) is 14.7 Å². The molecule has 32 heavy (non-hydrogen) atoms. The zero-order chi connectivity index (χ0) is 23.3. The maximum atomic E-state index is 13.1. The Balaban J connectivity index is 1.66. The molecule has 0 aliphatic carbocycles. The van der Waals surface area contributed by atoms with E-state index in [0.717, 1.165) is 16.9 Å². The SMILES string of the molecule is COc1ccc(CNC(=O)C2N(C(=O)C(O)C(N)Cc3ccccc3)CSC2(C)C)cc1. The number of hydrogen-bond acceptors (Lipinski definition) is 6. The third kappa shape index (κ3) is 5.62. The molecule has 0 bridgehead atoms. The number of carbonyl (C=O) groups is 2. The first-order valence-corrected chi connectivity index (χ1v) is 11.5. The Hall–Kier alpha value is -2.55. The van der Waals surface area contributed by atoms with Gasteiger partial charge >= 0.3 is 0 Å². The second kappa shape index (κ2) is 10.4. The largest absolute Gasteiger partial charge is 0.497 e. The van der Waals surface area contributed by atoms with Gasteiger partial charge in [-0.15, -0.1) is 11.8 Å². The Morgan fingerprint density at radius 1 is 1.19 bits per heavy atom. The molecule has 2 amide bonds. The van der Waals surface area contributed by atoms with Gasteiger partial charge in [0.1, 0.15) is 17.9 Å². The number of hydrogen-bond donors (Lipinski definition) is 3. The molecule has 7 nitrogen and oxygen atoms in total. The van der Waals surface area contributed by atoms with Gasteiger partial charge in [-0.25, -0.2) is 0 Å². The molecule has 1 aliphatic rings. The fourth-order valence-electron chi connectivity index (χ4n) is 3.79. The van der Waals surface area contributed by atoms with E-state index in [0.29, 0.717) is 18.8 Å². The average molecular weight is 458 g/mol. The number of thioether (sulfide) groups is 1. The number of aliphatic hydroxyl groups excluding tert-OH is 1. The van der Waals surface area contributed by atoms with E-state index in [1.54, 1.807) is 7.11 Å². The van der Waals surface area contributed by atoms with Gasteiger partial charge in [0.25, 0.3) is 5.91 Å². The Kier molecular flexibility index (Phi) is 7.82. The third-order valence-electron chi connectivity index (χ3n) is 5.68. The number of rotatable bonds is 8. The van der Waals surface area contributed by atoms with Crippen LogP contribution in [0.1, 0.15) is 25.0 Å². The van der Waals surface area contributed by atoms with E-state index in [4.69, 9.17) is 10.5 Å². The molecule has 8 heteroatoms. The highest BCUT2D eigenvalue weighted by Crippen LogP contribution is 2.39. The summed E-state index contributed by atoms with van der Waals surface area (Å²) in [5, 5.41) is 13.6. The van der Waals surface area contributed by atoms with Gasteiger partial charge < -0.3 is 25.8 Å². The number of amides is 2. The summed E-state index contributed by atoms with van der Waals surface area (Å²) >= 11 is 1.51. The lowest BCUT2D eigenvalue weighted by molar-refractivity contribution is -0.147. The first-order chi connectivity index (χ1) is 15.2. The van der Waals surface area contributed by atoms with Gasteiger partial charge in [-0.1, -0.05) is 42.5 Å². The van der Waals surface area contributed by atoms with Gasteiger partial charge in [-0.05, 0) is 43.5 Å². The van der Waals surface area contributed by atoms with Crippen LogP contribution in [0.15, 0.2) is 54.6 Å². The van der Waals surface area contributed by atoms with Crippen molar-refractivity contribution in [2.24, 2.45) is 5.73 Å².